The summed E-state index contributed by atoms with van der Waals surface area (Å²) in [5, 5.41) is 3.72. The Bertz CT molecular complexity index is 769. The molecule has 1 fully saturated rings. The molecule has 0 unspecified atom stereocenters. The highest BCUT2D eigenvalue weighted by atomic mass is 35.5. The van der Waals surface area contributed by atoms with Gasteiger partial charge in [-0.15, -0.1) is 0 Å². The number of amides is 1. The molecule has 24 heavy (non-hydrogen) atoms. The van der Waals surface area contributed by atoms with E-state index in [0.29, 0.717) is 24.0 Å². The average Bonchev–Trinajstić information content (AvgIpc) is 2.55. The molecule has 1 aliphatic heterocycles. The summed E-state index contributed by atoms with van der Waals surface area (Å²) >= 11 is 5.97. The van der Waals surface area contributed by atoms with E-state index in [4.69, 9.17) is 21.1 Å². The Labute approximate surface area is 145 Å². The highest BCUT2D eigenvalue weighted by molar-refractivity contribution is 6.30. The monoisotopic (exact) mass is 343 g/mol. The zero-order valence-corrected chi connectivity index (χ0v) is 13.9. The molecule has 4 rings (SSSR count). The van der Waals surface area contributed by atoms with E-state index in [2.05, 4.69) is 5.32 Å². The summed E-state index contributed by atoms with van der Waals surface area (Å²) in [5.74, 6) is 1.41. The van der Waals surface area contributed by atoms with E-state index in [1.165, 1.54) is 0 Å². The third kappa shape index (κ3) is 2.61. The van der Waals surface area contributed by atoms with Crippen molar-refractivity contribution >= 4 is 23.2 Å². The Hall–Kier alpha value is -2.20. The van der Waals surface area contributed by atoms with Crippen LogP contribution in [-0.4, -0.2) is 19.1 Å². The second-order valence-corrected chi connectivity index (χ2v) is 6.69. The predicted octanol–water partition coefficient (Wildman–Crippen LogP) is 4.17. The van der Waals surface area contributed by atoms with Gasteiger partial charge in [-0.1, -0.05) is 30.2 Å². The molecule has 2 aromatic rings. The molecule has 1 heterocycles. The molecule has 1 saturated carbocycles. The van der Waals surface area contributed by atoms with E-state index in [9.17, 15) is 4.79 Å². The SMILES string of the molecule is O=C(Nc1ccc2c(c1)OCCO2)C1(c2ccc(Cl)cc2)CCC1. The number of ether oxygens (including phenoxy) is 2. The lowest BCUT2D eigenvalue weighted by molar-refractivity contribution is -0.124. The Balaban J connectivity index is 1.57. The third-order valence-electron chi connectivity index (χ3n) is 4.84. The summed E-state index contributed by atoms with van der Waals surface area (Å²) in [6.07, 6.45) is 2.76. The van der Waals surface area contributed by atoms with Crippen molar-refractivity contribution in [2.75, 3.05) is 18.5 Å². The van der Waals surface area contributed by atoms with Gasteiger partial charge in [-0.2, -0.15) is 0 Å². The van der Waals surface area contributed by atoms with Crippen molar-refractivity contribution < 1.29 is 14.3 Å². The van der Waals surface area contributed by atoms with Crippen molar-refractivity contribution in [1.82, 2.24) is 0 Å². The number of fused-ring (bicyclic) bond motifs is 1. The fourth-order valence-electron chi connectivity index (χ4n) is 3.32. The number of carbonyl (C=O) groups excluding carboxylic acids is 1. The van der Waals surface area contributed by atoms with Crippen molar-refractivity contribution in [3.63, 3.8) is 0 Å². The summed E-state index contributed by atoms with van der Waals surface area (Å²) in [4.78, 5) is 13.0. The number of rotatable bonds is 3. The Morgan fingerprint density at radius 3 is 2.38 bits per heavy atom. The van der Waals surface area contributed by atoms with Crippen molar-refractivity contribution in [1.29, 1.82) is 0 Å². The van der Waals surface area contributed by atoms with Crippen LogP contribution in [0.3, 0.4) is 0 Å². The minimum Gasteiger partial charge on any atom is -0.486 e. The minimum absolute atomic E-state index is 0.0211. The van der Waals surface area contributed by atoms with Crippen LogP contribution in [0.5, 0.6) is 11.5 Å². The van der Waals surface area contributed by atoms with E-state index in [1.54, 1.807) is 0 Å². The smallest absolute Gasteiger partial charge is 0.235 e. The maximum Gasteiger partial charge on any atom is 0.235 e. The van der Waals surface area contributed by atoms with Crippen LogP contribution in [0.15, 0.2) is 42.5 Å². The van der Waals surface area contributed by atoms with Gasteiger partial charge in [0, 0.05) is 16.8 Å². The normalized spacial score (nSPS) is 17.7. The van der Waals surface area contributed by atoms with Crippen molar-refractivity contribution in [3.05, 3.63) is 53.1 Å². The quantitative estimate of drug-likeness (QED) is 0.909. The molecule has 0 atom stereocenters. The van der Waals surface area contributed by atoms with E-state index in [1.807, 2.05) is 42.5 Å². The Kier molecular flexibility index (Phi) is 3.85. The molecule has 0 radical (unpaired) electrons. The standard InChI is InChI=1S/C19H18ClNO3/c20-14-4-2-13(3-5-14)19(8-1-9-19)18(22)21-15-6-7-16-17(12-15)24-11-10-23-16/h2-7,12H,1,8-11H2,(H,21,22). The Morgan fingerprint density at radius 1 is 1.00 bits per heavy atom. The molecule has 1 N–H and O–H groups in total. The predicted molar refractivity (Wildman–Crippen MR) is 93.0 cm³/mol. The number of anilines is 1. The van der Waals surface area contributed by atoms with Crippen molar-refractivity contribution in [2.45, 2.75) is 24.7 Å². The van der Waals surface area contributed by atoms with Gasteiger partial charge in [0.25, 0.3) is 0 Å². The number of benzene rings is 2. The topological polar surface area (TPSA) is 47.6 Å². The maximum atomic E-state index is 13.0. The van der Waals surface area contributed by atoms with Gasteiger partial charge in [0.2, 0.25) is 5.91 Å². The van der Waals surface area contributed by atoms with Crippen LogP contribution in [0, 0.1) is 0 Å². The van der Waals surface area contributed by atoms with Gasteiger partial charge < -0.3 is 14.8 Å². The van der Waals surface area contributed by atoms with Crippen LogP contribution < -0.4 is 14.8 Å². The van der Waals surface area contributed by atoms with E-state index in [0.717, 1.165) is 36.3 Å². The second kappa shape index (κ2) is 6.02. The van der Waals surface area contributed by atoms with Crippen LogP contribution in [0.1, 0.15) is 24.8 Å². The highest BCUT2D eigenvalue weighted by Crippen LogP contribution is 2.45. The van der Waals surface area contributed by atoms with Crippen LogP contribution in [0.25, 0.3) is 0 Å². The molecule has 5 heteroatoms. The van der Waals surface area contributed by atoms with Crippen molar-refractivity contribution in [3.8, 4) is 11.5 Å². The lowest BCUT2D eigenvalue weighted by atomic mass is 9.64. The van der Waals surface area contributed by atoms with E-state index in [-0.39, 0.29) is 5.91 Å². The zero-order chi connectivity index (χ0) is 16.6. The fourth-order valence-corrected chi connectivity index (χ4v) is 3.44. The van der Waals surface area contributed by atoms with Crippen LogP contribution in [0.4, 0.5) is 5.69 Å². The van der Waals surface area contributed by atoms with Gasteiger partial charge in [-0.25, -0.2) is 0 Å². The van der Waals surface area contributed by atoms with Gasteiger partial charge in [-0.05, 0) is 42.7 Å². The van der Waals surface area contributed by atoms with Gasteiger partial charge in [0.05, 0.1) is 5.41 Å². The summed E-state index contributed by atoms with van der Waals surface area (Å²) in [6.45, 7) is 1.08. The maximum absolute atomic E-state index is 13.0. The summed E-state index contributed by atoms with van der Waals surface area (Å²) in [6, 6.07) is 13.1. The fraction of sp³-hybridized carbons (Fsp3) is 0.316. The largest absolute Gasteiger partial charge is 0.486 e. The first-order chi connectivity index (χ1) is 11.7. The summed E-state index contributed by atoms with van der Waals surface area (Å²) < 4.78 is 11.1. The zero-order valence-electron chi connectivity index (χ0n) is 13.2. The molecule has 2 aliphatic rings. The molecule has 124 valence electrons. The van der Waals surface area contributed by atoms with Crippen LogP contribution in [0.2, 0.25) is 5.02 Å². The number of nitrogens with one attached hydrogen (secondary N) is 1. The number of hydrogen-bond donors (Lipinski definition) is 1. The number of carbonyl (C=O) groups is 1. The molecule has 2 aromatic carbocycles. The van der Waals surface area contributed by atoms with Crippen molar-refractivity contribution in [2.24, 2.45) is 0 Å². The molecule has 1 aliphatic carbocycles. The minimum atomic E-state index is -0.460. The van der Waals surface area contributed by atoms with Gasteiger partial charge in [0.15, 0.2) is 11.5 Å². The first kappa shape index (κ1) is 15.3. The lowest BCUT2D eigenvalue weighted by Gasteiger charge is -2.40. The first-order valence-electron chi connectivity index (χ1n) is 8.15. The Morgan fingerprint density at radius 2 is 1.71 bits per heavy atom. The second-order valence-electron chi connectivity index (χ2n) is 6.26. The van der Waals surface area contributed by atoms with Crippen LogP contribution in [-0.2, 0) is 10.2 Å². The molecule has 0 spiro atoms. The molecule has 1 amide bonds. The molecule has 0 aromatic heterocycles. The van der Waals surface area contributed by atoms with Crippen LogP contribution >= 0.6 is 11.6 Å². The number of halogens is 1. The first-order valence-corrected chi connectivity index (χ1v) is 8.52. The molecule has 4 nitrogen and oxygen atoms in total. The van der Waals surface area contributed by atoms with Gasteiger partial charge in [-0.3, -0.25) is 4.79 Å². The molecular formula is C19H18ClNO3. The van der Waals surface area contributed by atoms with Gasteiger partial charge >= 0.3 is 0 Å². The van der Waals surface area contributed by atoms with E-state index >= 15 is 0 Å². The lowest BCUT2D eigenvalue weighted by Crippen LogP contribution is -2.46. The summed E-state index contributed by atoms with van der Waals surface area (Å²) in [7, 11) is 0. The van der Waals surface area contributed by atoms with E-state index < -0.39 is 5.41 Å². The molecular weight excluding hydrogens is 326 g/mol. The molecule has 0 saturated heterocycles. The summed E-state index contributed by atoms with van der Waals surface area (Å²) in [5.41, 5.74) is 1.29. The third-order valence-corrected chi connectivity index (χ3v) is 5.09. The number of hydrogen-bond acceptors (Lipinski definition) is 3. The molecule has 0 bridgehead atoms. The van der Waals surface area contributed by atoms with Gasteiger partial charge in [0.1, 0.15) is 13.2 Å². The highest BCUT2D eigenvalue weighted by Gasteiger charge is 2.45. The average molecular weight is 344 g/mol.